The number of ether oxygens (including phenoxy) is 1. The lowest BCUT2D eigenvalue weighted by molar-refractivity contribution is -0.135. The molecule has 1 rings (SSSR count). The van der Waals surface area contributed by atoms with Gasteiger partial charge in [-0.05, 0) is 12.8 Å². The van der Waals surface area contributed by atoms with Gasteiger partial charge in [0.15, 0.2) is 0 Å². The van der Waals surface area contributed by atoms with Crippen molar-refractivity contribution in [2.24, 2.45) is 0 Å². The molecule has 0 radical (unpaired) electrons. The Balaban J connectivity index is 2.43. The predicted octanol–water partition coefficient (Wildman–Crippen LogP) is 1.92. The van der Waals surface area contributed by atoms with E-state index in [2.05, 4.69) is 13.8 Å². The fraction of sp³-hybridized carbons (Fsp3) is 0.889. The molecule has 64 valence electrons. The van der Waals surface area contributed by atoms with E-state index < -0.39 is 0 Å². The smallest absolute Gasteiger partial charge is 0.138 e. The molecule has 1 saturated heterocycles. The van der Waals surface area contributed by atoms with Gasteiger partial charge in [0.2, 0.25) is 0 Å². The van der Waals surface area contributed by atoms with E-state index >= 15 is 0 Å². The van der Waals surface area contributed by atoms with Crippen molar-refractivity contribution >= 4 is 5.78 Å². The first-order valence-corrected chi connectivity index (χ1v) is 4.43. The second-order valence-corrected chi connectivity index (χ2v) is 3.14. The Bertz CT molecular complexity index is 128. The molecule has 0 N–H and O–H groups in total. The molecule has 1 aliphatic heterocycles. The average Bonchev–Trinajstić information content (AvgIpc) is 2.03. The Morgan fingerprint density at radius 1 is 1.27 bits per heavy atom. The number of ketones is 1. The topological polar surface area (TPSA) is 26.3 Å². The molecule has 2 atom stereocenters. The Labute approximate surface area is 67.9 Å². The van der Waals surface area contributed by atoms with E-state index in [1.807, 2.05) is 0 Å². The van der Waals surface area contributed by atoms with E-state index in [4.69, 9.17) is 4.74 Å². The first-order chi connectivity index (χ1) is 5.26. The maximum Gasteiger partial charge on any atom is 0.138 e. The van der Waals surface area contributed by atoms with Crippen molar-refractivity contribution in [3.63, 3.8) is 0 Å². The maximum atomic E-state index is 11.1. The fourth-order valence-corrected chi connectivity index (χ4v) is 1.44. The minimum absolute atomic E-state index is 0.196. The van der Waals surface area contributed by atoms with Crippen LogP contribution < -0.4 is 0 Å². The Kier molecular flexibility index (Phi) is 3.06. The van der Waals surface area contributed by atoms with Crippen molar-refractivity contribution in [2.75, 3.05) is 0 Å². The molecule has 0 saturated carbocycles. The van der Waals surface area contributed by atoms with E-state index in [1.54, 1.807) is 0 Å². The van der Waals surface area contributed by atoms with Crippen molar-refractivity contribution < 1.29 is 9.53 Å². The summed E-state index contributed by atoms with van der Waals surface area (Å²) in [4.78, 5) is 11.1. The number of hydrogen-bond acceptors (Lipinski definition) is 2. The molecule has 2 nitrogen and oxygen atoms in total. The molecule has 0 aromatic rings. The van der Waals surface area contributed by atoms with Gasteiger partial charge in [-0.15, -0.1) is 0 Å². The zero-order valence-electron chi connectivity index (χ0n) is 7.30. The third kappa shape index (κ3) is 2.29. The molecule has 0 aliphatic carbocycles. The highest BCUT2D eigenvalue weighted by molar-refractivity contribution is 5.80. The second-order valence-electron chi connectivity index (χ2n) is 3.14. The van der Waals surface area contributed by atoms with Crippen LogP contribution in [0, 0.1) is 0 Å². The summed E-state index contributed by atoms with van der Waals surface area (Å²) < 4.78 is 5.63. The zero-order chi connectivity index (χ0) is 8.27. The van der Waals surface area contributed by atoms with Gasteiger partial charge in [-0.2, -0.15) is 0 Å². The molecule has 0 bridgehead atoms. The normalized spacial score (nSPS) is 32.4. The van der Waals surface area contributed by atoms with Crippen LogP contribution in [0.15, 0.2) is 0 Å². The van der Waals surface area contributed by atoms with Gasteiger partial charge >= 0.3 is 0 Å². The highest BCUT2D eigenvalue weighted by Gasteiger charge is 2.25. The largest absolute Gasteiger partial charge is 0.374 e. The van der Waals surface area contributed by atoms with E-state index in [1.165, 1.54) is 0 Å². The van der Waals surface area contributed by atoms with Crippen LogP contribution in [0.5, 0.6) is 0 Å². The maximum absolute atomic E-state index is 11.1. The van der Waals surface area contributed by atoms with Crippen LogP contribution >= 0.6 is 0 Å². The lowest BCUT2D eigenvalue weighted by Crippen LogP contribution is -2.32. The first kappa shape index (κ1) is 8.72. The number of rotatable bonds is 2. The van der Waals surface area contributed by atoms with Gasteiger partial charge in [-0.3, -0.25) is 4.79 Å². The van der Waals surface area contributed by atoms with Crippen molar-refractivity contribution in [1.82, 2.24) is 0 Å². The summed E-state index contributed by atoms with van der Waals surface area (Å²) in [6.07, 6.45) is 3.58. The monoisotopic (exact) mass is 156 g/mol. The number of carbonyl (C=O) groups excluding carboxylic acids is 1. The van der Waals surface area contributed by atoms with E-state index in [9.17, 15) is 4.79 Å². The highest BCUT2D eigenvalue weighted by atomic mass is 16.5. The summed E-state index contributed by atoms with van der Waals surface area (Å²) in [5.41, 5.74) is 0. The lowest BCUT2D eigenvalue weighted by atomic mass is 10.00. The summed E-state index contributed by atoms with van der Waals surface area (Å²) >= 11 is 0. The molecule has 0 amide bonds. The molecule has 0 aromatic carbocycles. The fourth-order valence-electron chi connectivity index (χ4n) is 1.44. The first-order valence-electron chi connectivity index (χ1n) is 4.43. The third-order valence-corrected chi connectivity index (χ3v) is 2.21. The van der Waals surface area contributed by atoms with Crippen molar-refractivity contribution in [2.45, 2.75) is 51.7 Å². The lowest BCUT2D eigenvalue weighted by Gasteiger charge is -2.27. The van der Waals surface area contributed by atoms with Gasteiger partial charge in [-0.25, -0.2) is 0 Å². The standard InChI is InChI=1S/C9H16O2/c1-3-8-5-7(10)6-9(4-2)11-8/h8-9H,3-6H2,1-2H3/t8-,9+. The summed E-state index contributed by atoms with van der Waals surface area (Å²) in [5, 5.41) is 0. The predicted molar refractivity (Wildman–Crippen MR) is 43.5 cm³/mol. The van der Waals surface area contributed by atoms with Crippen LogP contribution in [-0.2, 0) is 9.53 Å². The van der Waals surface area contributed by atoms with Gasteiger partial charge in [-0.1, -0.05) is 13.8 Å². The van der Waals surface area contributed by atoms with Crippen LogP contribution in [-0.4, -0.2) is 18.0 Å². The van der Waals surface area contributed by atoms with Gasteiger partial charge in [0.05, 0.1) is 12.2 Å². The molecule has 0 spiro atoms. The molecule has 11 heavy (non-hydrogen) atoms. The number of carbonyl (C=O) groups is 1. The van der Waals surface area contributed by atoms with Crippen molar-refractivity contribution in [1.29, 1.82) is 0 Å². The molecule has 2 heteroatoms. The van der Waals surface area contributed by atoms with Gasteiger partial charge in [0.25, 0.3) is 0 Å². The van der Waals surface area contributed by atoms with E-state index in [0.717, 1.165) is 12.8 Å². The molecule has 1 fully saturated rings. The minimum atomic E-state index is 0.196. The molecule has 1 heterocycles. The SMILES string of the molecule is CC[C@@H]1CC(=O)C[C@H](CC)O1. The summed E-state index contributed by atoms with van der Waals surface area (Å²) in [7, 11) is 0. The number of Topliss-reactive ketones (excluding diaryl/α,β-unsaturated/α-hetero) is 1. The Morgan fingerprint density at radius 3 is 2.09 bits per heavy atom. The highest BCUT2D eigenvalue weighted by Crippen LogP contribution is 2.19. The molecular weight excluding hydrogens is 140 g/mol. The zero-order valence-corrected chi connectivity index (χ0v) is 7.30. The Hall–Kier alpha value is -0.370. The van der Waals surface area contributed by atoms with Crippen LogP contribution in [0.25, 0.3) is 0 Å². The average molecular weight is 156 g/mol. The summed E-state index contributed by atoms with van der Waals surface area (Å²) in [6.45, 7) is 4.13. The number of hydrogen-bond donors (Lipinski definition) is 0. The third-order valence-electron chi connectivity index (χ3n) is 2.21. The minimum Gasteiger partial charge on any atom is -0.374 e. The second kappa shape index (κ2) is 3.86. The van der Waals surface area contributed by atoms with Gasteiger partial charge in [0.1, 0.15) is 5.78 Å². The quantitative estimate of drug-likeness (QED) is 0.610. The van der Waals surface area contributed by atoms with Crippen LogP contribution in [0.1, 0.15) is 39.5 Å². The molecular formula is C9H16O2. The van der Waals surface area contributed by atoms with Crippen LogP contribution in [0.2, 0.25) is 0 Å². The molecule has 1 aliphatic rings. The Morgan fingerprint density at radius 2 is 1.73 bits per heavy atom. The van der Waals surface area contributed by atoms with E-state index in [-0.39, 0.29) is 12.2 Å². The summed E-state index contributed by atoms with van der Waals surface area (Å²) in [6, 6.07) is 0. The molecule has 0 unspecified atom stereocenters. The van der Waals surface area contributed by atoms with Gasteiger partial charge in [0, 0.05) is 12.8 Å². The van der Waals surface area contributed by atoms with Crippen LogP contribution in [0.3, 0.4) is 0 Å². The van der Waals surface area contributed by atoms with Crippen molar-refractivity contribution in [3.05, 3.63) is 0 Å². The van der Waals surface area contributed by atoms with Crippen molar-refractivity contribution in [3.8, 4) is 0 Å². The van der Waals surface area contributed by atoms with Gasteiger partial charge < -0.3 is 4.74 Å². The molecule has 0 aromatic heterocycles. The van der Waals surface area contributed by atoms with E-state index in [0.29, 0.717) is 18.6 Å². The summed E-state index contributed by atoms with van der Waals surface area (Å²) in [5.74, 6) is 0.370. The van der Waals surface area contributed by atoms with Crippen LogP contribution in [0.4, 0.5) is 0 Å².